The molecule has 2 heterocycles. The number of thiazole rings is 1. The standard InChI is InChI=1S/C14H22N2O3S/c1-11-10-20-13(15-11)7-16(2)14(17)9-18-8-12-5-3-4-6-19-12/h10,12H,3-9H2,1-2H3/t12-/m1/s1. The van der Waals surface area contributed by atoms with Crippen molar-refractivity contribution < 1.29 is 14.3 Å². The molecule has 0 bridgehead atoms. The summed E-state index contributed by atoms with van der Waals surface area (Å²) in [7, 11) is 1.78. The predicted molar refractivity (Wildman–Crippen MR) is 77.7 cm³/mol. The van der Waals surface area contributed by atoms with E-state index in [-0.39, 0.29) is 18.6 Å². The van der Waals surface area contributed by atoms with Crippen LogP contribution in [-0.2, 0) is 20.8 Å². The summed E-state index contributed by atoms with van der Waals surface area (Å²) in [5.74, 6) is -0.0198. The van der Waals surface area contributed by atoms with E-state index < -0.39 is 0 Å². The fourth-order valence-electron chi connectivity index (χ4n) is 2.09. The lowest BCUT2D eigenvalue weighted by atomic mass is 10.1. The predicted octanol–water partition coefficient (Wildman–Crippen LogP) is 2.00. The highest BCUT2D eigenvalue weighted by molar-refractivity contribution is 7.09. The smallest absolute Gasteiger partial charge is 0.248 e. The highest BCUT2D eigenvalue weighted by Gasteiger charge is 2.16. The van der Waals surface area contributed by atoms with Gasteiger partial charge in [-0.1, -0.05) is 0 Å². The van der Waals surface area contributed by atoms with E-state index in [0.717, 1.165) is 30.2 Å². The summed E-state index contributed by atoms with van der Waals surface area (Å²) in [4.78, 5) is 17.9. The molecule has 1 aromatic heterocycles. The first-order valence-electron chi connectivity index (χ1n) is 6.99. The first-order valence-corrected chi connectivity index (χ1v) is 7.87. The van der Waals surface area contributed by atoms with Crippen LogP contribution in [0, 0.1) is 6.92 Å². The van der Waals surface area contributed by atoms with E-state index in [1.165, 1.54) is 6.42 Å². The van der Waals surface area contributed by atoms with E-state index >= 15 is 0 Å². The summed E-state index contributed by atoms with van der Waals surface area (Å²) >= 11 is 1.58. The Morgan fingerprint density at radius 2 is 2.45 bits per heavy atom. The molecule has 1 saturated heterocycles. The minimum atomic E-state index is -0.0198. The first-order chi connectivity index (χ1) is 9.65. The van der Waals surface area contributed by atoms with Crippen molar-refractivity contribution in [2.75, 3.05) is 26.9 Å². The SMILES string of the molecule is Cc1csc(CN(C)C(=O)COC[C@H]2CCCCO2)n1. The molecule has 1 aromatic rings. The number of carbonyl (C=O) groups excluding carboxylic acids is 1. The Bertz CT molecular complexity index is 430. The molecule has 1 atom stereocenters. The molecule has 0 N–H and O–H groups in total. The number of amides is 1. The summed E-state index contributed by atoms with van der Waals surface area (Å²) < 4.78 is 11.0. The number of hydrogen-bond acceptors (Lipinski definition) is 5. The highest BCUT2D eigenvalue weighted by Crippen LogP contribution is 2.13. The van der Waals surface area contributed by atoms with Gasteiger partial charge in [0, 0.05) is 24.7 Å². The zero-order valence-corrected chi connectivity index (χ0v) is 12.9. The van der Waals surface area contributed by atoms with Gasteiger partial charge in [0.15, 0.2) is 0 Å². The topological polar surface area (TPSA) is 51.7 Å². The van der Waals surface area contributed by atoms with Crippen LogP contribution >= 0.6 is 11.3 Å². The van der Waals surface area contributed by atoms with Gasteiger partial charge in [0.25, 0.3) is 0 Å². The second kappa shape index (κ2) is 7.71. The van der Waals surface area contributed by atoms with Crippen molar-refractivity contribution in [2.45, 2.75) is 38.8 Å². The normalized spacial score (nSPS) is 19.0. The maximum Gasteiger partial charge on any atom is 0.248 e. The van der Waals surface area contributed by atoms with Gasteiger partial charge in [-0.05, 0) is 26.2 Å². The maximum absolute atomic E-state index is 11.9. The Morgan fingerprint density at radius 1 is 1.60 bits per heavy atom. The summed E-state index contributed by atoms with van der Waals surface area (Å²) in [5.41, 5.74) is 0.997. The molecule has 2 rings (SSSR count). The molecule has 1 fully saturated rings. The van der Waals surface area contributed by atoms with E-state index in [1.807, 2.05) is 12.3 Å². The third-order valence-corrected chi connectivity index (χ3v) is 4.22. The highest BCUT2D eigenvalue weighted by atomic mass is 32.1. The minimum absolute atomic E-state index is 0.0198. The fraction of sp³-hybridized carbons (Fsp3) is 0.714. The molecule has 6 heteroatoms. The zero-order chi connectivity index (χ0) is 14.4. The lowest BCUT2D eigenvalue weighted by Crippen LogP contribution is -2.32. The van der Waals surface area contributed by atoms with Crippen LogP contribution in [0.4, 0.5) is 0 Å². The molecule has 1 aliphatic rings. The second-order valence-corrected chi connectivity index (χ2v) is 6.08. The lowest BCUT2D eigenvalue weighted by Gasteiger charge is -2.22. The Hall–Kier alpha value is -0.980. The monoisotopic (exact) mass is 298 g/mol. The van der Waals surface area contributed by atoms with Crippen molar-refractivity contribution in [1.29, 1.82) is 0 Å². The number of aromatic nitrogens is 1. The molecule has 112 valence electrons. The van der Waals surface area contributed by atoms with Gasteiger partial charge in [-0.15, -0.1) is 11.3 Å². The second-order valence-electron chi connectivity index (χ2n) is 5.14. The van der Waals surface area contributed by atoms with E-state index in [1.54, 1.807) is 23.3 Å². The maximum atomic E-state index is 11.9. The molecule has 1 amide bonds. The summed E-state index contributed by atoms with van der Waals surface area (Å²) in [5, 5.41) is 2.94. The number of ether oxygens (including phenoxy) is 2. The van der Waals surface area contributed by atoms with Crippen LogP contribution in [0.2, 0.25) is 0 Å². The molecule has 5 nitrogen and oxygen atoms in total. The van der Waals surface area contributed by atoms with Crippen LogP contribution in [0.1, 0.15) is 30.0 Å². The number of aryl methyl sites for hydroxylation is 1. The average Bonchev–Trinajstić information content (AvgIpc) is 2.85. The largest absolute Gasteiger partial charge is 0.376 e. The first kappa shape index (κ1) is 15.4. The van der Waals surface area contributed by atoms with Gasteiger partial charge < -0.3 is 14.4 Å². The van der Waals surface area contributed by atoms with E-state index in [4.69, 9.17) is 9.47 Å². The molecule has 0 unspecified atom stereocenters. The summed E-state index contributed by atoms with van der Waals surface area (Å²) in [6, 6.07) is 0. The Morgan fingerprint density at radius 3 is 3.10 bits per heavy atom. The Labute approximate surface area is 123 Å². The van der Waals surface area contributed by atoms with Crippen LogP contribution in [0.3, 0.4) is 0 Å². The molecular formula is C14H22N2O3S. The van der Waals surface area contributed by atoms with Crippen LogP contribution < -0.4 is 0 Å². The molecule has 0 spiro atoms. The minimum Gasteiger partial charge on any atom is -0.376 e. The number of hydrogen-bond donors (Lipinski definition) is 0. The lowest BCUT2D eigenvalue weighted by molar-refractivity contribution is -0.137. The van der Waals surface area contributed by atoms with Gasteiger partial charge in [0.2, 0.25) is 5.91 Å². The van der Waals surface area contributed by atoms with Crippen LogP contribution in [0.5, 0.6) is 0 Å². The molecule has 0 aromatic carbocycles. The fourth-order valence-corrected chi connectivity index (χ4v) is 2.92. The van der Waals surface area contributed by atoms with E-state index in [2.05, 4.69) is 4.98 Å². The van der Waals surface area contributed by atoms with Crippen LogP contribution in [0.15, 0.2) is 5.38 Å². The molecule has 0 radical (unpaired) electrons. The molecule has 1 aliphatic heterocycles. The molecular weight excluding hydrogens is 276 g/mol. The molecule has 20 heavy (non-hydrogen) atoms. The average molecular weight is 298 g/mol. The Balaban J connectivity index is 1.65. The number of likely N-dealkylation sites (N-methyl/N-ethyl adjacent to an activating group) is 1. The van der Waals surface area contributed by atoms with Crippen molar-refractivity contribution in [3.05, 3.63) is 16.1 Å². The van der Waals surface area contributed by atoms with Gasteiger partial charge >= 0.3 is 0 Å². The summed E-state index contributed by atoms with van der Waals surface area (Å²) in [6.45, 7) is 3.93. The van der Waals surface area contributed by atoms with Crippen molar-refractivity contribution in [3.63, 3.8) is 0 Å². The number of carbonyl (C=O) groups is 1. The van der Waals surface area contributed by atoms with Crippen LogP contribution in [-0.4, -0.2) is 48.8 Å². The van der Waals surface area contributed by atoms with Crippen molar-refractivity contribution in [1.82, 2.24) is 9.88 Å². The quantitative estimate of drug-likeness (QED) is 0.806. The zero-order valence-electron chi connectivity index (χ0n) is 12.1. The van der Waals surface area contributed by atoms with Gasteiger partial charge in [0.05, 0.1) is 19.3 Å². The van der Waals surface area contributed by atoms with Gasteiger partial charge in [-0.25, -0.2) is 4.98 Å². The summed E-state index contributed by atoms with van der Waals surface area (Å²) in [6.07, 6.45) is 3.50. The van der Waals surface area contributed by atoms with Crippen molar-refractivity contribution in [3.8, 4) is 0 Å². The molecule has 0 saturated carbocycles. The number of nitrogens with zero attached hydrogens (tertiary/aromatic N) is 2. The van der Waals surface area contributed by atoms with Gasteiger partial charge in [-0.2, -0.15) is 0 Å². The third-order valence-electron chi connectivity index (χ3n) is 3.27. The van der Waals surface area contributed by atoms with Crippen molar-refractivity contribution in [2.24, 2.45) is 0 Å². The van der Waals surface area contributed by atoms with Crippen LogP contribution in [0.25, 0.3) is 0 Å². The van der Waals surface area contributed by atoms with Gasteiger partial charge in [-0.3, -0.25) is 4.79 Å². The Kier molecular flexibility index (Phi) is 5.94. The van der Waals surface area contributed by atoms with Crippen molar-refractivity contribution >= 4 is 17.2 Å². The third kappa shape index (κ3) is 4.85. The number of rotatable bonds is 6. The van der Waals surface area contributed by atoms with Gasteiger partial charge in [0.1, 0.15) is 11.6 Å². The van der Waals surface area contributed by atoms with E-state index in [9.17, 15) is 4.79 Å². The molecule has 0 aliphatic carbocycles. The van der Waals surface area contributed by atoms with E-state index in [0.29, 0.717) is 13.2 Å².